The summed E-state index contributed by atoms with van der Waals surface area (Å²) in [4.78, 5) is 6.12. The van der Waals surface area contributed by atoms with Crippen molar-refractivity contribution in [1.82, 2.24) is 5.06 Å². The fourth-order valence-electron chi connectivity index (χ4n) is 4.87. The topological polar surface area (TPSA) is 36.3 Å². The average Bonchev–Trinajstić information content (AvgIpc) is 2.68. The number of hydroxylamine groups is 2. The van der Waals surface area contributed by atoms with Crippen LogP contribution >= 0.6 is 0 Å². The first kappa shape index (κ1) is 15.5. The van der Waals surface area contributed by atoms with Gasteiger partial charge in [0.05, 0.1) is 17.2 Å². The Bertz CT molecular complexity index is 601. The standard InChI is InChI=1S/C19H26N2O/c1-13-10-19(4,15-8-6-14(12-20)7-9-15)11-16-17(13)21(5)22-18(16,2)3/h6-9,13,16-17H,10-11H2,1-5H3/t13-,16+,17+,19+/m0/s1. The van der Waals surface area contributed by atoms with Gasteiger partial charge in [0.1, 0.15) is 0 Å². The number of nitriles is 1. The zero-order valence-electron chi connectivity index (χ0n) is 14.3. The molecule has 1 aliphatic heterocycles. The third-order valence-corrected chi connectivity index (χ3v) is 5.84. The monoisotopic (exact) mass is 298 g/mol. The highest BCUT2D eigenvalue weighted by atomic mass is 16.7. The van der Waals surface area contributed by atoms with Gasteiger partial charge < -0.3 is 0 Å². The maximum atomic E-state index is 8.99. The minimum Gasteiger partial charge on any atom is -0.293 e. The molecular formula is C19H26N2O. The van der Waals surface area contributed by atoms with Crippen LogP contribution in [0.5, 0.6) is 0 Å². The molecule has 1 aromatic carbocycles. The summed E-state index contributed by atoms with van der Waals surface area (Å²) in [6.45, 7) is 9.15. The zero-order chi connectivity index (χ0) is 16.1. The number of nitrogens with zero attached hydrogens (tertiary/aromatic N) is 2. The predicted molar refractivity (Wildman–Crippen MR) is 87.1 cm³/mol. The molecule has 3 heteroatoms. The summed E-state index contributed by atoms with van der Waals surface area (Å²) < 4.78 is 0. The highest BCUT2D eigenvalue weighted by Crippen LogP contribution is 2.53. The van der Waals surface area contributed by atoms with E-state index in [1.807, 2.05) is 12.1 Å². The van der Waals surface area contributed by atoms with E-state index in [2.05, 4.69) is 58.0 Å². The first-order chi connectivity index (χ1) is 10.3. The van der Waals surface area contributed by atoms with Gasteiger partial charge in [0, 0.05) is 19.0 Å². The second-order valence-electron chi connectivity index (χ2n) is 7.97. The molecule has 1 heterocycles. The molecule has 3 rings (SSSR count). The SMILES string of the molecule is C[C@H]1C[C@@](C)(c2ccc(C#N)cc2)C[C@@H]2[C@@H]1N(C)OC2(C)C. The maximum Gasteiger partial charge on any atom is 0.0991 e. The maximum absolute atomic E-state index is 8.99. The molecule has 1 aromatic rings. The minimum atomic E-state index is -0.109. The Hall–Kier alpha value is -1.37. The van der Waals surface area contributed by atoms with Crippen LogP contribution in [0.25, 0.3) is 0 Å². The van der Waals surface area contributed by atoms with E-state index < -0.39 is 0 Å². The molecule has 2 aliphatic rings. The lowest BCUT2D eigenvalue weighted by Gasteiger charge is -2.46. The van der Waals surface area contributed by atoms with Gasteiger partial charge in [0.2, 0.25) is 0 Å². The van der Waals surface area contributed by atoms with Crippen LogP contribution in [0.1, 0.15) is 51.7 Å². The fraction of sp³-hybridized carbons (Fsp3) is 0.632. The lowest BCUT2D eigenvalue weighted by atomic mass is 9.59. The minimum absolute atomic E-state index is 0.109. The first-order valence-corrected chi connectivity index (χ1v) is 8.19. The summed E-state index contributed by atoms with van der Waals surface area (Å²) in [5, 5.41) is 11.1. The van der Waals surface area contributed by atoms with Crippen molar-refractivity contribution in [3.05, 3.63) is 35.4 Å². The Balaban J connectivity index is 1.94. The molecule has 3 nitrogen and oxygen atoms in total. The summed E-state index contributed by atoms with van der Waals surface area (Å²) in [6.07, 6.45) is 2.29. The Morgan fingerprint density at radius 3 is 2.41 bits per heavy atom. The molecule has 0 aromatic heterocycles. The number of rotatable bonds is 1. The van der Waals surface area contributed by atoms with Gasteiger partial charge in [-0.3, -0.25) is 4.84 Å². The van der Waals surface area contributed by atoms with E-state index >= 15 is 0 Å². The smallest absolute Gasteiger partial charge is 0.0991 e. The molecule has 0 bridgehead atoms. The van der Waals surface area contributed by atoms with E-state index in [0.29, 0.717) is 17.9 Å². The molecule has 1 saturated heterocycles. The van der Waals surface area contributed by atoms with E-state index in [1.165, 1.54) is 5.56 Å². The Kier molecular flexibility index (Phi) is 3.58. The van der Waals surface area contributed by atoms with Crippen molar-refractivity contribution in [1.29, 1.82) is 5.26 Å². The van der Waals surface area contributed by atoms with E-state index in [4.69, 9.17) is 10.1 Å². The summed E-state index contributed by atoms with van der Waals surface area (Å²) in [6, 6.07) is 10.9. The number of hydrogen-bond acceptors (Lipinski definition) is 3. The molecule has 0 N–H and O–H groups in total. The molecular weight excluding hydrogens is 272 g/mol. The number of fused-ring (bicyclic) bond motifs is 1. The van der Waals surface area contributed by atoms with Crippen molar-refractivity contribution in [2.45, 2.75) is 57.6 Å². The van der Waals surface area contributed by atoms with Crippen LogP contribution in [0.15, 0.2) is 24.3 Å². The lowest BCUT2D eigenvalue weighted by Crippen LogP contribution is -2.48. The van der Waals surface area contributed by atoms with Gasteiger partial charge >= 0.3 is 0 Å². The van der Waals surface area contributed by atoms with E-state index in [-0.39, 0.29) is 11.0 Å². The van der Waals surface area contributed by atoms with E-state index in [9.17, 15) is 0 Å². The second kappa shape index (κ2) is 5.08. The molecule has 4 atom stereocenters. The van der Waals surface area contributed by atoms with Crippen LogP contribution in [0.4, 0.5) is 0 Å². The Morgan fingerprint density at radius 1 is 1.18 bits per heavy atom. The van der Waals surface area contributed by atoms with Gasteiger partial charge in [-0.25, -0.2) is 0 Å². The van der Waals surface area contributed by atoms with Crippen molar-refractivity contribution in [3.8, 4) is 6.07 Å². The second-order valence-corrected chi connectivity index (χ2v) is 7.97. The van der Waals surface area contributed by atoms with Crippen molar-refractivity contribution < 1.29 is 4.84 Å². The molecule has 1 aliphatic carbocycles. The number of benzene rings is 1. The van der Waals surface area contributed by atoms with Gasteiger partial charge in [0.15, 0.2) is 0 Å². The molecule has 1 saturated carbocycles. The fourth-order valence-corrected chi connectivity index (χ4v) is 4.87. The van der Waals surface area contributed by atoms with Crippen LogP contribution in [-0.4, -0.2) is 23.8 Å². The highest BCUT2D eigenvalue weighted by molar-refractivity contribution is 5.35. The quantitative estimate of drug-likeness (QED) is 0.789. The third-order valence-electron chi connectivity index (χ3n) is 5.84. The van der Waals surface area contributed by atoms with Crippen LogP contribution in [-0.2, 0) is 10.3 Å². The van der Waals surface area contributed by atoms with Gasteiger partial charge in [0.25, 0.3) is 0 Å². The molecule has 118 valence electrons. The van der Waals surface area contributed by atoms with Crippen molar-refractivity contribution in [2.75, 3.05) is 7.05 Å². The molecule has 22 heavy (non-hydrogen) atoms. The highest BCUT2D eigenvalue weighted by Gasteiger charge is 2.55. The molecule has 0 radical (unpaired) electrons. The lowest BCUT2D eigenvalue weighted by molar-refractivity contribution is -0.182. The average molecular weight is 298 g/mol. The Labute approximate surface area is 133 Å². The zero-order valence-corrected chi connectivity index (χ0v) is 14.3. The van der Waals surface area contributed by atoms with Crippen molar-refractivity contribution in [3.63, 3.8) is 0 Å². The van der Waals surface area contributed by atoms with Gasteiger partial charge in [-0.15, -0.1) is 0 Å². The molecule has 0 spiro atoms. The summed E-state index contributed by atoms with van der Waals surface area (Å²) in [5.74, 6) is 1.12. The van der Waals surface area contributed by atoms with Crippen LogP contribution in [0.3, 0.4) is 0 Å². The predicted octanol–water partition coefficient (Wildman–Crippen LogP) is 3.89. The van der Waals surface area contributed by atoms with Gasteiger partial charge in [-0.1, -0.05) is 26.0 Å². The normalized spacial score (nSPS) is 37.5. The van der Waals surface area contributed by atoms with Crippen molar-refractivity contribution in [2.24, 2.45) is 11.8 Å². The van der Waals surface area contributed by atoms with Crippen molar-refractivity contribution >= 4 is 0 Å². The van der Waals surface area contributed by atoms with Crippen LogP contribution in [0, 0.1) is 23.2 Å². The molecule has 0 amide bonds. The largest absolute Gasteiger partial charge is 0.293 e. The van der Waals surface area contributed by atoms with Gasteiger partial charge in [-0.2, -0.15) is 10.3 Å². The van der Waals surface area contributed by atoms with Crippen LogP contribution < -0.4 is 0 Å². The van der Waals surface area contributed by atoms with E-state index in [1.54, 1.807) is 0 Å². The summed E-state index contributed by atoms with van der Waals surface area (Å²) in [7, 11) is 2.08. The first-order valence-electron chi connectivity index (χ1n) is 8.19. The van der Waals surface area contributed by atoms with E-state index in [0.717, 1.165) is 18.4 Å². The Morgan fingerprint density at radius 2 is 1.82 bits per heavy atom. The third kappa shape index (κ3) is 2.35. The summed E-state index contributed by atoms with van der Waals surface area (Å²) in [5.41, 5.74) is 2.13. The molecule has 2 fully saturated rings. The molecule has 0 unspecified atom stereocenters. The van der Waals surface area contributed by atoms with Crippen LogP contribution in [0.2, 0.25) is 0 Å². The number of hydrogen-bond donors (Lipinski definition) is 0. The summed E-state index contributed by atoms with van der Waals surface area (Å²) >= 11 is 0. The van der Waals surface area contributed by atoms with Gasteiger partial charge in [-0.05, 0) is 55.7 Å².